The monoisotopic (exact) mass is 431 g/mol. The molecule has 0 bridgehead atoms. The third kappa shape index (κ3) is 5.53. The Morgan fingerprint density at radius 1 is 0.929 bits per heavy atom. The van der Waals surface area contributed by atoms with Crippen LogP contribution in [0.15, 0.2) is 72.8 Å². The van der Waals surface area contributed by atoms with Gasteiger partial charge in [-0.15, -0.1) is 11.8 Å². The van der Waals surface area contributed by atoms with Crippen LogP contribution in [0.4, 0.5) is 0 Å². The van der Waals surface area contributed by atoms with Gasteiger partial charge in [0.25, 0.3) is 0 Å². The zero-order valence-electron chi connectivity index (χ0n) is 15.6. The van der Waals surface area contributed by atoms with E-state index >= 15 is 0 Å². The fourth-order valence-corrected chi connectivity index (χ4v) is 4.89. The lowest BCUT2D eigenvalue weighted by Crippen LogP contribution is -2.28. The van der Waals surface area contributed by atoms with Gasteiger partial charge < -0.3 is 10.4 Å². The fourth-order valence-electron chi connectivity index (χ4n) is 3.06. The van der Waals surface area contributed by atoms with Gasteiger partial charge in [0.1, 0.15) is 0 Å². The summed E-state index contributed by atoms with van der Waals surface area (Å²) in [4.78, 5) is 0. The highest BCUT2D eigenvalue weighted by Crippen LogP contribution is 2.37. The van der Waals surface area contributed by atoms with E-state index in [9.17, 15) is 5.11 Å². The molecular weight excluding hydrogens is 409 g/mol. The van der Waals surface area contributed by atoms with Crippen LogP contribution in [0.3, 0.4) is 0 Å². The molecule has 0 radical (unpaired) electrons. The molecule has 146 valence electrons. The van der Waals surface area contributed by atoms with Gasteiger partial charge in [-0.25, -0.2) is 0 Å². The molecule has 0 amide bonds. The number of nitrogens with one attached hydrogen (secondary N) is 1. The molecular formula is C23H23Cl2NOS. The molecule has 3 aromatic carbocycles. The molecule has 2 unspecified atom stereocenters. The van der Waals surface area contributed by atoms with Crippen LogP contribution in [0.5, 0.6) is 0 Å². The first-order chi connectivity index (χ1) is 13.6. The maximum absolute atomic E-state index is 10.7. The molecule has 3 aromatic rings. The molecule has 0 aliphatic carbocycles. The zero-order valence-corrected chi connectivity index (χ0v) is 17.9. The number of hydrogen-bond donors (Lipinski definition) is 2. The minimum Gasteiger partial charge on any atom is -0.390 e. The van der Waals surface area contributed by atoms with Crippen molar-refractivity contribution < 1.29 is 5.11 Å². The van der Waals surface area contributed by atoms with Gasteiger partial charge in [0, 0.05) is 22.3 Å². The Bertz CT molecular complexity index is 887. The Morgan fingerprint density at radius 3 is 2.25 bits per heavy atom. The van der Waals surface area contributed by atoms with Crippen molar-refractivity contribution in [1.29, 1.82) is 0 Å². The fraction of sp³-hybridized carbons (Fsp3) is 0.217. The summed E-state index contributed by atoms with van der Waals surface area (Å²) in [7, 11) is 1.85. The lowest BCUT2D eigenvalue weighted by Gasteiger charge is -2.23. The van der Waals surface area contributed by atoms with Gasteiger partial charge in [-0.1, -0.05) is 83.9 Å². The molecule has 0 spiro atoms. The van der Waals surface area contributed by atoms with E-state index in [0.717, 1.165) is 16.7 Å². The van der Waals surface area contributed by atoms with Crippen molar-refractivity contribution in [2.24, 2.45) is 0 Å². The van der Waals surface area contributed by atoms with E-state index in [4.69, 9.17) is 23.2 Å². The summed E-state index contributed by atoms with van der Waals surface area (Å²) >= 11 is 14.0. The van der Waals surface area contributed by atoms with Crippen LogP contribution < -0.4 is 5.32 Å². The predicted molar refractivity (Wildman–Crippen MR) is 122 cm³/mol. The van der Waals surface area contributed by atoms with Crippen molar-refractivity contribution in [3.8, 4) is 11.1 Å². The third-order valence-electron chi connectivity index (χ3n) is 4.54. The van der Waals surface area contributed by atoms with Crippen LogP contribution in [0.2, 0.25) is 10.0 Å². The number of hydrogen-bond acceptors (Lipinski definition) is 3. The van der Waals surface area contributed by atoms with E-state index in [1.54, 1.807) is 17.8 Å². The highest BCUT2D eigenvalue weighted by molar-refractivity contribution is 7.98. The average Bonchev–Trinajstić information content (AvgIpc) is 2.71. The first-order valence-electron chi connectivity index (χ1n) is 9.12. The Balaban J connectivity index is 1.79. The standard InChI is InChI=1S/C23H23Cl2NOS/c1-26-14-22(27)23(28-15-19-11-12-20(24)13-21(19)25)18-9-7-17(8-10-18)16-5-3-2-4-6-16/h2-13,22-23,26-27H,14-15H2,1H3. The van der Waals surface area contributed by atoms with Gasteiger partial charge in [-0.3, -0.25) is 0 Å². The molecule has 0 aliphatic heterocycles. The molecule has 5 heteroatoms. The average molecular weight is 432 g/mol. The molecule has 2 nitrogen and oxygen atoms in total. The second-order valence-electron chi connectivity index (χ2n) is 6.58. The molecule has 28 heavy (non-hydrogen) atoms. The van der Waals surface area contributed by atoms with E-state index < -0.39 is 6.10 Å². The van der Waals surface area contributed by atoms with Crippen LogP contribution in [-0.2, 0) is 5.75 Å². The van der Waals surface area contributed by atoms with Crippen LogP contribution >= 0.6 is 35.0 Å². The maximum Gasteiger partial charge on any atom is 0.0823 e. The van der Waals surface area contributed by atoms with Gasteiger partial charge in [-0.05, 0) is 41.4 Å². The highest BCUT2D eigenvalue weighted by Gasteiger charge is 2.22. The van der Waals surface area contributed by atoms with Crippen molar-refractivity contribution in [2.75, 3.05) is 13.6 Å². The molecule has 0 heterocycles. The van der Waals surface area contributed by atoms with Crippen LogP contribution in [0.25, 0.3) is 11.1 Å². The first-order valence-corrected chi connectivity index (χ1v) is 10.9. The highest BCUT2D eigenvalue weighted by atomic mass is 35.5. The van der Waals surface area contributed by atoms with E-state index in [1.165, 1.54) is 5.56 Å². The second-order valence-corrected chi connectivity index (χ2v) is 8.55. The van der Waals surface area contributed by atoms with Crippen molar-refractivity contribution in [3.05, 3.63) is 94.0 Å². The molecule has 0 saturated carbocycles. The van der Waals surface area contributed by atoms with Crippen LogP contribution in [0.1, 0.15) is 16.4 Å². The van der Waals surface area contributed by atoms with Crippen molar-refractivity contribution in [2.45, 2.75) is 17.1 Å². The van der Waals surface area contributed by atoms with E-state index in [2.05, 4.69) is 41.7 Å². The Hall–Kier alpha value is -1.49. The van der Waals surface area contributed by atoms with Crippen molar-refractivity contribution >= 4 is 35.0 Å². The number of halogens is 2. The summed E-state index contributed by atoms with van der Waals surface area (Å²) < 4.78 is 0. The molecule has 0 aromatic heterocycles. The van der Waals surface area contributed by atoms with Crippen LogP contribution in [-0.4, -0.2) is 24.8 Å². The van der Waals surface area contributed by atoms with Gasteiger partial charge >= 0.3 is 0 Å². The summed E-state index contributed by atoms with van der Waals surface area (Å²) in [5.74, 6) is 0.696. The first kappa shape index (κ1) is 21.2. The second kappa shape index (κ2) is 10.3. The lowest BCUT2D eigenvalue weighted by atomic mass is 10.0. The molecule has 2 atom stereocenters. The maximum atomic E-state index is 10.7. The Kier molecular flexibility index (Phi) is 7.83. The molecule has 3 rings (SSSR count). The topological polar surface area (TPSA) is 32.3 Å². The van der Waals surface area contributed by atoms with Gasteiger partial charge in [0.2, 0.25) is 0 Å². The largest absolute Gasteiger partial charge is 0.390 e. The number of thioether (sulfide) groups is 1. The summed E-state index contributed by atoms with van der Waals surface area (Å²) in [6.07, 6.45) is -0.511. The molecule has 0 saturated heterocycles. The number of aliphatic hydroxyl groups is 1. The van der Waals surface area contributed by atoms with E-state index in [-0.39, 0.29) is 5.25 Å². The molecule has 2 N–H and O–H groups in total. The summed E-state index contributed by atoms with van der Waals surface area (Å²) in [6.45, 7) is 0.520. The SMILES string of the molecule is CNCC(O)C(SCc1ccc(Cl)cc1Cl)c1ccc(-c2ccccc2)cc1. The number of likely N-dealkylation sites (N-methyl/N-ethyl adjacent to an activating group) is 1. The molecule has 0 fully saturated rings. The van der Waals surface area contributed by atoms with Crippen LogP contribution in [0, 0.1) is 0 Å². The number of aliphatic hydroxyl groups excluding tert-OH is 1. The summed E-state index contributed by atoms with van der Waals surface area (Å²) in [5, 5.41) is 15.0. The smallest absolute Gasteiger partial charge is 0.0823 e. The summed E-state index contributed by atoms with van der Waals surface area (Å²) in [5.41, 5.74) is 4.45. The van der Waals surface area contributed by atoms with E-state index in [0.29, 0.717) is 22.3 Å². The zero-order chi connectivity index (χ0) is 19.9. The van der Waals surface area contributed by atoms with Gasteiger partial charge in [-0.2, -0.15) is 0 Å². The quantitative estimate of drug-likeness (QED) is 0.444. The number of benzene rings is 3. The molecule has 0 aliphatic rings. The number of rotatable bonds is 8. The Morgan fingerprint density at radius 2 is 1.61 bits per heavy atom. The Labute approximate surface area is 180 Å². The van der Waals surface area contributed by atoms with E-state index in [1.807, 2.05) is 37.4 Å². The third-order valence-corrected chi connectivity index (χ3v) is 6.55. The minimum atomic E-state index is -0.511. The minimum absolute atomic E-state index is 0.0657. The van der Waals surface area contributed by atoms with Gasteiger partial charge in [0.15, 0.2) is 0 Å². The van der Waals surface area contributed by atoms with Gasteiger partial charge in [0.05, 0.1) is 11.4 Å². The normalized spacial score (nSPS) is 13.3. The van der Waals surface area contributed by atoms with Crippen molar-refractivity contribution in [3.63, 3.8) is 0 Å². The summed E-state index contributed by atoms with van der Waals surface area (Å²) in [6, 6.07) is 24.2. The van der Waals surface area contributed by atoms with Crippen molar-refractivity contribution in [1.82, 2.24) is 5.32 Å². The lowest BCUT2D eigenvalue weighted by molar-refractivity contribution is 0.171. The predicted octanol–water partition coefficient (Wildman–Crippen LogP) is 6.22.